The number of nitrogens with zero attached hydrogens (tertiary/aromatic N) is 8. The SMILES string of the molecule is [C-]#[N+]c1ccc2c(c1F)CCC1C2[C@@H](C)C[C@@]2(C)C1CC[C@@]2(O)Cc1cc[n+](O)cc1.[C-]#[N+]c1ccc2c(c1F)CCC1C2[C@@H](C)C[C@@]2(C)C1CC[C@@]2(O)Cc1ccncc1.[C-]#[N+]c1ccc2c(c1F)CCC1C2[C@@H](CC)C[C@@]2(C)C1CC[C@@]2(O)Cc1cc[n+](O)cc1.[C-]#[N+]c1ccc2c(c1F)CCC1C2[C@@H](CC)C[C@@]2(C)C1CC[C@@]2(O)Cc1ccncc1F. The van der Waals surface area contributed by atoms with Gasteiger partial charge in [0.25, 0.3) is 0 Å². The van der Waals surface area contributed by atoms with Gasteiger partial charge in [0.05, 0.1) is 54.9 Å². The summed E-state index contributed by atoms with van der Waals surface area (Å²) in [7, 11) is 0. The second-order valence-electron chi connectivity index (χ2n) is 41.4. The van der Waals surface area contributed by atoms with Crippen molar-refractivity contribution in [1.29, 1.82) is 0 Å². The average Bonchev–Trinajstić information content (AvgIpc) is 1.58. The predicted molar refractivity (Wildman–Crippen MR) is 467 cm³/mol. The molecule has 0 spiro atoms. The lowest BCUT2D eigenvalue weighted by Gasteiger charge is -2.56. The van der Waals surface area contributed by atoms with E-state index in [0.29, 0.717) is 152 Å². The molecule has 8 saturated carbocycles. The maximum absolute atomic E-state index is 15.0. The van der Waals surface area contributed by atoms with Gasteiger partial charge in [0.1, 0.15) is 29.1 Å². The van der Waals surface area contributed by atoms with E-state index in [1.54, 1.807) is 73.7 Å². The lowest BCUT2D eigenvalue weighted by Crippen LogP contribution is -2.54. The van der Waals surface area contributed by atoms with Crippen molar-refractivity contribution in [3.63, 3.8) is 0 Å². The van der Waals surface area contributed by atoms with E-state index >= 15 is 4.39 Å². The van der Waals surface area contributed by atoms with Gasteiger partial charge in [0.2, 0.25) is 47.5 Å². The van der Waals surface area contributed by atoms with Crippen LogP contribution in [0.5, 0.6) is 0 Å². The third kappa shape index (κ3) is 14.4. The Hall–Kier alpha value is -9.47. The maximum Gasteiger partial charge on any atom is 0.222 e. The van der Waals surface area contributed by atoms with Gasteiger partial charge >= 0.3 is 0 Å². The zero-order valence-electron chi connectivity index (χ0n) is 73.6. The van der Waals surface area contributed by atoms with Crippen LogP contribution in [-0.2, 0) is 51.4 Å². The summed E-state index contributed by atoms with van der Waals surface area (Å²) in [5.74, 6) is 4.27. The summed E-state index contributed by atoms with van der Waals surface area (Å²) in [6.07, 6.45) is 34.0. The molecule has 0 amide bonds. The molecule has 8 fully saturated rings. The van der Waals surface area contributed by atoms with E-state index in [0.717, 1.165) is 180 Å². The molecule has 20 rings (SSSR count). The van der Waals surface area contributed by atoms with Gasteiger partial charge in [0.15, 0.2) is 0 Å². The highest BCUT2D eigenvalue weighted by Crippen LogP contribution is 2.72. The monoisotopic (exact) mass is 1700 g/mol. The summed E-state index contributed by atoms with van der Waals surface area (Å²) in [5, 5.41) is 66.9. The van der Waals surface area contributed by atoms with Crippen LogP contribution in [-0.4, -0.2) is 63.2 Å². The standard InChI is InChI=1S/C27H30F2N2O.C27H32FN2O2.C26H30FN2O2.C26H29FN2O/c1-4-16-13-26(2)21(9-11-27(26,32)14-17-10-12-31-15-22(17)28)20-6-5-19-18(24(16)20)7-8-23(30-3)25(19)29;1-4-18-16-26(2)22(9-12-27(26,31)15-17-10-13-30(32)14-11-17)21-6-5-20-19(24(18)21)7-8-23(29-3)25(20)28;1-16-14-25(2)21(8-11-26(25,30)15-17-9-12-29(31)13-10-17)20-5-4-19-18(23(16)20)6-7-22(28-3)24(19)27;1-16-14-25(2)21(8-11-26(25,30)15-17-9-12-29-13-10-17)20-5-4-19-18(23(16)20)6-7-22(28-3)24(19)27/h7-8,10,12,15-16,20-21,24,32H,4-6,9,11,13-14H2,1-2H3;7-8,10-11,13-14,18,21-22,24,31-32H,4-6,9,12,15-16H2,1-2H3;6-7,9-10,12-13,16,20-21,23,30-31H,4-5,8,11,14-15H2,1-2H3;6-7,9-10,12-13,16,20-21,23,30H,4-5,8,11,14-15H2,1-2H3/q;2*+1;/t16-,20?,21?,24?,26-,27+;18-,21?,22?,24?,26-,27+;2*16-,20?,21?,23?,25-,26+/m0000/s1. The van der Waals surface area contributed by atoms with Crippen LogP contribution in [0.15, 0.2) is 141 Å². The highest BCUT2D eigenvalue weighted by atomic mass is 19.1. The minimum atomic E-state index is -0.961. The summed E-state index contributed by atoms with van der Waals surface area (Å²) in [5.41, 5.74) is 7.65. The van der Waals surface area contributed by atoms with Crippen LogP contribution in [0.4, 0.5) is 44.7 Å². The van der Waals surface area contributed by atoms with Crippen molar-refractivity contribution in [2.24, 2.45) is 92.7 Å². The van der Waals surface area contributed by atoms with E-state index < -0.39 is 22.4 Å². The van der Waals surface area contributed by atoms with Crippen molar-refractivity contribution in [1.82, 2.24) is 9.97 Å². The second kappa shape index (κ2) is 33.3. The van der Waals surface area contributed by atoms with Gasteiger partial charge in [-0.25, -0.2) is 41.3 Å². The highest BCUT2D eigenvalue weighted by molar-refractivity contribution is 5.57. The summed E-state index contributed by atoms with van der Waals surface area (Å²) in [6.45, 7) is 47.0. The number of benzene rings is 4. The Kier molecular flexibility index (Phi) is 23.3. The van der Waals surface area contributed by atoms with Crippen molar-refractivity contribution in [2.45, 2.75) is 268 Å². The van der Waals surface area contributed by atoms with Crippen molar-refractivity contribution < 1.29 is 62.3 Å². The van der Waals surface area contributed by atoms with E-state index in [1.165, 1.54) is 6.20 Å². The third-order valence-electron chi connectivity index (χ3n) is 36.3. The van der Waals surface area contributed by atoms with E-state index in [9.17, 15) is 48.4 Å². The largest absolute Gasteiger partial charge is 0.389 e. The van der Waals surface area contributed by atoms with E-state index in [-0.39, 0.29) is 79.4 Å². The average molecular weight is 1700 g/mol. The highest BCUT2D eigenvalue weighted by Gasteiger charge is 2.68. The summed E-state index contributed by atoms with van der Waals surface area (Å²) in [4.78, 5) is 21.4. The molecular formula is C106H121F5N8O6+2. The van der Waals surface area contributed by atoms with Crippen LogP contribution < -0.4 is 9.46 Å². The first-order valence-corrected chi connectivity index (χ1v) is 46.3. The summed E-state index contributed by atoms with van der Waals surface area (Å²) < 4.78 is 76.3. The van der Waals surface area contributed by atoms with E-state index in [4.69, 9.17) is 26.3 Å². The Bertz CT molecular complexity index is 5620. The fourth-order valence-electron chi connectivity index (χ4n) is 30.3. The quantitative estimate of drug-likeness (QED) is 0.0340. The van der Waals surface area contributed by atoms with Gasteiger partial charge in [-0.15, -0.1) is 0 Å². The molecule has 0 saturated heterocycles. The molecular weight excluding hydrogens is 1580 g/mol. The lowest BCUT2D eigenvalue weighted by molar-refractivity contribution is -0.904. The number of hydrogen-bond donors (Lipinski definition) is 6. The van der Waals surface area contributed by atoms with Gasteiger partial charge in [-0.2, -0.15) is 0 Å². The van der Waals surface area contributed by atoms with Crippen molar-refractivity contribution in [2.75, 3.05) is 0 Å². The van der Waals surface area contributed by atoms with Crippen LogP contribution in [0.3, 0.4) is 0 Å². The van der Waals surface area contributed by atoms with Crippen molar-refractivity contribution >= 4 is 22.7 Å². The number of aliphatic hydroxyl groups is 4. The molecule has 8 aromatic rings. The van der Waals surface area contributed by atoms with Crippen LogP contribution in [0.1, 0.15) is 261 Å². The van der Waals surface area contributed by atoms with Crippen LogP contribution in [0.2, 0.25) is 0 Å². The van der Waals surface area contributed by atoms with Gasteiger partial charge in [-0.1, -0.05) is 117 Å². The number of fused-ring (bicyclic) bond motifs is 20. The van der Waals surface area contributed by atoms with Gasteiger partial charge in [-0.05, 0) is 308 Å². The van der Waals surface area contributed by atoms with Gasteiger partial charge in [0, 0.05) is 99.7 Å². The molecule has 4 heterocycles. The van der Waals surface area contributed by atoms with Crippen molar-refractivity contribution in [3.05, 3.63) is 282 Å². The fraction of sp³-hybridized carbons (Fsp3) is 0.547. The van der Waals surface area contributed by atoms with Crippen LogP contribution in [0, 0.1) is 148 Å². The molecule has 654 valence electrons. The van der Waals surface area contributed by atoms with E-state index in [1.807, 2.05) is 60.7 Å². The van der Waals surface area contributed by atoms with Gasteiger partial charge in [-0.3, -0.25) is 20.4 Å². The Balaban J connectivity index is 0.000000118. The predicted octanol–water partition coefficient (Wildman–Crippen LogP) is 22.6. The normalized spacial score (nSPS) is 36.0. The Labute approximate surface area is 734 Å². The molecule has 4 aromatic heterocycles. The van der Waals surface area contributed by atoms with Crippen LogP contribution in [0.25, 0.3) is 19.4 Å². The number of aromatic nitrogens is 4. The number of rotatable bonds is 10. The molecule has 12 aliphatic rings. The second-order valence-corrected chi connectivity index (χ2v) is 41.4. The van der Waals surface area contributed by atoms with Crippen molar-refractivity contribution in [3.8, 4) is 0 Å². The molecule has 19 heteroatoms. The lowest BCUT2D eigenvalue weighted by atomic mass is 9.49. The molecule has 0 aliphatic heterocycles. The first-order chi connectivity index (χ1) is 59.8. The smallest absolute Gasteiger partial charge is 0.222 e. The zero-order chi connectivity index (χ0) is 88.4. The Morgan fingerprint density at radius 1 is 0.376 bits per heavy atom. The fourth-order valence-corrected chi connectivity index (χ4v) is 30.3. The molecule has 24 atom stereocenters. The molecule has 12 aliphatic carbocycles. The Morgan fingerprint density at radius 3 is 0.976 bits per heavy atom. The Morgan fingerprint density at radius 2 is 0.664 bits per heavy atom. The molecule has 6 N–H and O–H groups in total. The molecule has 125 heavy (non-hydrogen) atoms. The van der Waals surface area contributed by atoms with E-state index in [2.05, 4.69) is 84.7 Å². The number of hydrogen-bond acceptors (Lipinski definition) is 8. The summed E-state index contributed by atoms with van der Waals surface area (Å²) in [6, 6.07) is 27.9. The number of halogens is 5. The first kappa shape index (κ1) is 87.6. The molecule has 0 bridgehead atoms. The topological polar surface area (TPSA) is 172 Å². The molecule has 0 radical (unpaired) electrons. The third-order valence-corrected chi connectivity index (χ3v) is 36.3. The van der Waals surface area contributed by atoms with Gasteiger partial charge < -0.3 is 20.4 Å². The maximum atomic E-state index is 15.0. The first-order valence-electron chi connectivity index (χ1n) is 46.3. The molecule has 12 unspecified atom stereocenters. The van der Waals surface area contributed by atoms with Crippen LogP contribution >= 0.6 is 0 Å². The zero-order valence-corrected chi connectivity index (χ0v) is 73.6. The molecule has 4 aromatic carbocycles. The minimum absolute atomic E-state index is 0.116. The summed E-state index contributed by atoms with van der Waals surface area (Å²) >= 11 is 0. The molecule has 14 nitrogen and oxygen atoms in total. The minimum Gasteiger partial charge on any atom is -0.389 e. The number of pyridine rings is 4.